The first kappa shape index (κ1) is 8.24. The number of hydrogen-bond donors (Lipinski definition) is 1. The first-order valence-electron chi connectivity index (χ1n) is 5.08. The molecule has 0 atom stereocenters. The third-order valence-corrected chi connectivity index (χ3v) is 2.15. The Bertz CT molecular complexity index is 521. The number of carbonyl (C=O) groups is 1. The Morgan fingerprint density at radius 3 is 2.27 bits per heavy atom. The largest absolute Gasteiger partial charge is 0.478 e. The van der Waals surface area contributed by atoms with E-state index >= 15 is 0 Å². The van der Waals surface area contributed by atoms with Gasteiger partial charge in [-0.15, -0.1) is 0 Å². The average molecular weight is 199 g/mol. The van der Waals surface area contributed by atoms with E-state index in [1.54, 1.807) is 12.1 Å². The van der Waals surface area contributed by atoms with Gasteiger partial charge in [-0.2, -0.15) is 0 Å². The fourth-order valence-electron chi connectivity index (χ4n) is 1.37. The van der Waals surface area contributed by atoms with Crippen LogP contribution < -0.4 is 0 Å². The number of aromatic carboxylic acids is 1. The van der Waals surface area contributed by atoms with Crippen LogP contribution in [0.4, 0.5) is 0 Å². The Hall–Kier alpha value is -2.09. The van der Waals surface area contributed by atoms with Gasteiger partial charge in [-0.05, 0) is 23.2 Å². The normalized spacial score (nSPS) is 10.8. The Morgan fingerprint density at radius 1 is 1.00 bits per heavy atom. The third kappa shape index (κ3) is 2.05. The number of carboxylic acids is 1. The van der Waals surface area contributed by atoms with Crippen molar-refractivity contribution in [3.63, 3.8) is 0 Å². The summed E-state index contributed by atoms with van der Waals surface area (Å²) < 4.78 is 7.61. The van der Waals surface area contributed by atoms with Gasteiger partial charge < -0.3 is 5.11 Å². The molecule has 0 bridgehead atoms. The summed E-state index contributed by atoms with van der Waals surface area (Å²) in [6.45, 7) is 0. The molecule has 2 nitrogen and oxygen atoms in total. The minimum absolute atomic E-state index is 0.0275. The molecule has 0 amide bonds. The molecule has 0 aliphatic carbocycles. The van der Waals surface area contributed by atoms with E-state index in [-0.39, 0.29) is 11.6 Å². The summed E-state index contributed by atoms with van der Waals surface area (Å²) in [5.41, 5.74) is 1.86. The van der Waals surface area contributed by atoms with Crippen LogP contribution in [-0.2, 0) is 0 Å². The highest BCUT2D eigenvalue weighted by Crippen LogP contribution is 2.18. The number of carboxylic acid groups (broad SMARTS) is 1. The number of hydrogen-bond acceptors (Lipinski definition) is 1. The molecule has 2 heteroatoms. The summed E-state index contributed by atoms with van der Waals surface area (Å²) >= 11 is 0. The lowest BCUT2D eigenvalue weighted by Crippen LogP contribution is -1.94. The SMILES string of the molecule is [2H]c1cc(-c2ccccc2)ccc1C(=O)O. The van der Waals surface area contributed by atoms with Crippen LogP contribution in [0.15, 0.2) is 54.6 Å². The van der Waals surface area contributed by atoms with E-state index in [9.17, 15) is 4.79 Å². The van der Waals surface area contributed by atoms with Crippen LogP contribution in [0.2, 0.25) is 0 Å². The molecule has 15 heavy (non-hydrogen) atoms. The zero-order valence-electron chi connectivity index (χ0n) is 8.97. The van der Waals surface area contributed by atoms with Crippen molar-refractivity contribution >= 4 is 5.97 Å². The molecule has 0 radical (unpaired) electrons. The number of rotatable bonds is 2. The predicted molar refractivity (Wildman–Crippen MR) is 58.8 cm³/mol. The van der Waals surface area contributed by atoms with Crippen LogP contribution >= 0.6 is 0 Å². The third-order valence-electron chi connectivity index (χ3n) is 2.15. The lowest BCUT2D eigenvalue weighted by Gasteiger charge is -2.01. The second kappa shape index (κ2) is 3.96. The lowest BCUT2D eigenvalue weighted by molar-refractivity contribution is 0.0697. The predicted octanol–water partition coefficient (Wildman–Crippen LogP) is 3.05. The van der Waals surface area contributed by atoms with E-state index < -0.39 is 5.97 Å². The summed E-state index contributed by atoms with van der Waals surface area (Å²) in [5.74, 6) is -1.07. The van der Waals surface area contributed by atoms with Gasteiger partial charge in [0.25, 0.3) is 0 Å². The van der Waals surface area contributed by atoms with Crippen LogP contribution in [0.5, 0.6) is 0 Å². The standard InChI is InChI=1S/C13H10O2/c14-13(15)12-8-6-11(7-9-12)10-4-2-1-3-5-10/h1-9H,(H,14,15)/i8D. The maximum atomic E-state index is 10.7. The molecular weight excluding hydrogens is 188 g/mol. The molecule has 0 fully saturated rings. The van der Waals surface area contributed by atoms with Crippen molar-refractivity contribution in [2.75, 3.05) is 0 Å². The van der Waals surface area contributed by atoms with Crippen LogP contribution in [0.25, 0.3) is 11.1 Å². The van der Waals surface area contributed by atoms with Gasteiger partial charge in [0, 0.05) is 0 Å². The molecule has 74 valence electrons. The maximum Gasteiger partial charge on any atom is 0.335 e. The van der Waals surface area contributed by atoms with Crippen molar-refractivity contribution in [2.24, 2.45) is 0 Å². The minimum atomic E-state index is -1.07. The lowest BCUT2D eigenvalue weighted by atomic mass is 10.0. The molecule has 0 spiro atoms. The van der Waals surface area contributed by atoms with Gasteiger partial charge in [0.05, 0.1) is 6.93 Å². The average Bonchev–Trinajstić information content (AvgIpc) is 2.29. The summed E-state index contributed by atoms with van der Waals surface area (Å²) in [6, 6.07) is 14.4. The fraction of sp³-hybridized carbons (Fsp3) is 0. The van der Waals surface area contributed by atoms with E-state index in [2.05, 4.69) is 0 Å². The van der Waals surface area contributed by atoms with Crippen molar-refractivity contribution in [3.05, 3.63) is 60.1 Å². The molecule has 1 N–H and O–H groups in total. The molecule has 0 heterocycles. The second-order valence-corrected chi connectivity index (χ2v) is 3.16. The highest BCUT2D eigenvalue weighted by atomic mass is 16.4. The maximum absolute atomic E-state index is 10.7. The zero-order chi connectivity index (χ0) is 11.5. The van der Waals surface area contributed by atoms with Crippen molar-refractivity contribution < 1.29 is 11.3 Å². The Kier molecular flexibility index (Phi) is 2.18. The van der Waals surface area contributed by atoms with E-state index in [4.69, 9.17) is 6.48 Å². The topological polar surface area (TPSA) is 37.3 Å². The van der Waals surface area contributed by atoms with Gasteiger partial charge in [-0.3, -0.25) is 0 Å². The van der Waals surface area contributed by atoms with Gasteiger partial charge in [-0.1, -0.05) is 42.5 Å². The summed E-state index contributed by atoms with van der Waals surface area (Å²) in [4.78, 5) is 10.7. The summed E-state index contributed by atoms with van der Waals surface area (Å²) in [6.07, 6.45) is 0. The fourth-order valence-corrected chi connectivity index (χ4v) is 1.37. The quantitative estimate of drug-likeness (QED) is 0.807. The molecule has 0 saturated heterocycles. The highest BCUT2D eigenvalue weighted by molar-refractivity contribution is 5.88. The molecule has 0 aromatic heterocycles. The van der Waals surface area contributed by atoms with E-state index in [1.807, 2.05) is 30.3 Å². The van der Waals surface area contributed by atoms with Crippen molar-refractivity contribution in [1.29, 1.82) is 0 Å². The molecule has 0 aliphatic heterocycles. The first-order chi connectivity index (χ1) is 7.68. The highest BCUT2D eigenvalue weighted by Gasteiger charge is 2.02. The van der Waals surface area contributed by atoms with Gasteiger partial charge in [0.15, 0.2) is 0 Å². The molecule has 2 aromatic rings. The van der Waals surface area contributed by atoms with Crippen molar-refractivity contribution in [1.82, 2.24) is 0 Å². The summed E-state index contributed by atoms with van der Waals surface area (Å²) in [7, 11) is 0. The molecule has 0 saturated carbocycles. The van der Waals surface area contributed by atoms with E-state index in [0.717, 1.165) is 11.1 Å². The van der Waals surface area contributed by atoms with Crippen LogP contribution in [-0.4, -0.2) is 11.1 Å². The Balaban J connectivity index is 2.46. The van der Waals surface area contributed by atoms with Crippen LogP contribution in [0, 0.1) is 0 Å². The van der Waals surface area contributed by atoms with E-state index in [0.29, 0.717) is 0 Å². The zero-order valence-corrected chi connectivity index (χ0v) is 7.97. The van der Waals surface area contributed by atoms with Crippen LogP contribution in [0.1, 0.15) is 11.7 Å². The molecule has 2 aromatic carbocycles. The molecule has 0 unspecified atom stereocenters. The second-order valence-electron chi connectivity index (χ2n) is 3.16. The van der Waals surface area contributed by atoms with Gasteiger partial charge in [0.1, 0.15) is 0 Å². The minimum Gasteiger partial charge on any atom is -0.478 e. The molecule has 0 aliphatic rings. The Morgan fingerprint density at radius 2 is 1.67 bits per heavy atom. The van der Waals surface area contributed by atoms with Gasteiger partial charge in [-0.25, -0.2) is 4.79 Å². The van der Waals surface area contributed by atoms with Gasteiger partial charge >= 0.3 is 5.97 Å². The van der Waals surface area contributed by atoms with Crippen LogP contribution in [0.3, 0.4) is 0 Å². The number of benzene rings is 2. The smallest absolute Gasteiger partial charge is 0.335 e. The molecule has 2 rings (SSSR count). The Labute approximate surface area is 89.2 Å². The first-order valence-corrected chi connectivity index (χ1v) is 4.58. The van der Waals surface area contributed by atoms with Crippen molar-refractivity contribution in [2.45, 2.75) is 0 Å². The summed E-state index contributed by atoms with van der Waals surface area (Å²) in [5, 5.41) is 8.81. The van der Waals surface area contributed by atoms with E-state index in [1.165, 1.54) is 6.07 Å². The molecular formula is C13H10O2. The van der Waals surface area contributed by atoms with Crippen molar-refractivity contribution in [3.8, 4) is 11.1 Å². The monoisotopic (exact) mass is 199 g/mol. The van der Waals surface area contributed by atoms with Gasteiger partial charge in [0.2, 0.25) is 0 Å².